The maximum Gasteiger partial charge on any atom is 0.195 e. The average Bonchev–Trinajstić information content (AvgIpc) is 2.91. The van der Waals surface area contributed by atoms with Crippen molar-refractivity contribution in [2.24, 2.45) is 10.9 Å². The molecule has 166 valence electrons. The minimum Gasteiger partial charge on any atom is -0.490 e. The second-order valence-corrected chi connectivity index (χ2v) is 7.14. The minimum atomic E-state index is 0. The van der Waals surface area contributed by atoms with Crippen molar-refractivity contribution in [1.29, 1.82) is 0 Å². The zero-order chi connectivity index (χ0) is 20.0. The number of guanidine groups is 1. The Hall–Kier alpha value is -1.26. The smallest absolute Gasteiger partial charge is 0.195 e. The number of fused-ring (bicyclic) bond motifs is 1. The number of nitrogens with zero attached hydrogens (tertiary/aromatic N) is 1. The van der Waals surface area contributed by atoms with E-state index in [0.29, 0.717) is 45.5 Å². The SMILES string of the molecule is COCCOCCCN=C(NCCC(C)C)Nc1ccc2c(c1)OCCCO2.I. The number of anilines is 1. The molecule has 0 amide bonds. The summed E-state index contributed by atoms with van der Waals surface area (Å²) in [5.74, 6) is 2.98. The van der Waals surface area contributed by atoms with Crippen LogP contribution in [0.2, 0.25) is 0 Å². The summed E-state index contributed by atoms with van der Waals surface area (Å²) >= 11 is 0. The number of nitrogens with one attached hydrogen (secondary N) is 2. The van der Waals surface area contributed by atoms with Crippen LogP contribution in [0.25, 0.3) is 0 Å². The lowest BCUT2D eigenvalue weighted by molar-refractivity contribution is 0.0702. The molecule has 0 radical (unpaired) electrons. The predicted octanol–water partition coefficient (Wildman–Crippen LogP) is 3.92. The number of benzene rings is 1. The maximum atomic E-state index is 5.78. The molecule has 0 fully saturated rings. The maximum absolute atomic E-state index is 5.78. The fraction of sp³-hybridized carbons (Fsp3) is 0.667. The third kappa shape index (κ3) is 10.9. The van der Waals surface area contributed by atoms with Gasteiger partial charge in [-0.05, 0) is 30.9 Å². The number of hydrogen-bond acceptors (Lipinski definition) is 5. The zero-order valence-electron chi connectivity index (χ0n) is 17.9. The minimum absolute atomic E-state index is 0. The molecule has 1 aliphatic rings. The van der Waals surface area contributed by atoms with Crippen LogP contribution in [0.1, 0.15) is 33.1 Å². The molecule has 0 aliphatic carbocycles. The van der Waals surface area contributed by atoms with E-state index >= 15 is 0 Å². The number of halogens is 1. The Bertz CT molecular complexity index is 599. The molecule has 7 nitrogen and oxygen atoms in total. The highest BCUT2D eigenvalue weighted by atomic mass is 127. The van der Waals surface area contributed by atoms with Crippen LogP contribution in [0.3, 0.4) is 0 Å². The van der Waals surface area contributed by atoms with Gasteiger partial charge in [-0.25, -0.2) is 0 Å². The van der Waals surface area contributed by atoms with Gasteiger partial charge in [0, 0.05) is 45.0 Å². The number of rotatable bonds is 11. The van der Waals surface area contributed by atoms with Gasteiger partial charge >= 0.3 is 0 Å². The van der Waals surface area contributed by atoms with Crippen LogP contribution < -0.4 is 20.1 Å². The monoisotopic (exact) mass is 521 g/mol. The summed E-state index contributed by atoms with van der Waals surface area (Å²) in [7, 11) is 1.67. The third-order valence-corrected chi connectivity index (χ3v) is 4.17. The van der Waals surface area contributed by atoms with Crippen molar-refractivity contribution >= 4 is 35.6 Å². The van der Waals surface area contributed by atoms with Gasteiger partial charge in [0.2, 0.25) is 0 Å². The number of hydrogen-bond donors (Lipinski definition) is 2. The lowest BCUT2D eigenvalue weighted by atomic mass is 10.1. The van der Waals surface area contributed by atoms with Gasteiger partial charge in [0.1, 0.15) is 0 Å². The second-order valence-electron chi connectivity index (χ2n) is 7.14. The van der Waals surface area contributed by atoms with E-state index in [0.717, 1.165) is 49.0 Å². The van der Waals surface area contributed by atoms with Crippen LogP contribution in [0, 0.1) is 5.92 Å². The largest absolute Gasteiger partial charge is 0.490 e. The molecule has 0 bridgehead atoms. The van der Waals surface area contributed by atoms with E-state index < -0.39 is 0 Å². The Morgan fingerprint density at radius 3 is 2.69 bits per heavy atom. The fourth-order valence-electron chi connectivity index (χ4n) is 2.60. The Labute approximate surface area is 191 Å². The zero-order valence-corrected chi connectivity index (χ0v) is 20.2. The molecule has 1 heterocycles. The van der Waals surface area contributed by atoms with Crippen LogP contribution in [0.5, 0.6) is 11.5 Å². The quantitative estimate of drug-likeness (QED) is 0.199. The molecule has 8 heteroatoms. The highest BCUT2D eigenvalue weighted by Gasteiger charge is 2.11. The summed E-state index contributed by atoms with van der Waals surface area (Å²) < 4.78 is 21.9. The van der Waals surface area contributed by atoms with Crippen LogP contribution >= 0.6 is 24.0 Å². The van der Waals surface area contributed by atoms with E-state index in [9.17, 15) is 0 Å². The van der Waals surface area contributed by atoms with Crippen molar-refractivity contribution in [3.05, 3.63) is 18.2 Å². The molecule has 1 aromatic rings. The van der Waals surface area contributed by atoms with Crippen molar-refractivity contribution in [1.82, 2.24) is 5.32 Å². The van der Waals surface area contributed by atoms with E-state index in [2.05, 4.69) is 29.5 Å². The first-order valence-electron chi connectivity index (χ1n) is 10.2. The van der Waals surface area contributed by atoms with E-state index in [1.807, 2.05) is 18.2 Å². The van der Waals surface area contributed by atoms with E-state index in [1.165, 1.54) is 0 Å². The summed E-state index contributed by atoms with van der Waals surface area (Å²) in [5.41, 5.74) is 0.927. The normalized spacial score (nSPS) is 13.6. The van der Waals surface area contributed by atoms with Crippen molar-refractivity contribution in [2.75, 3.05) is 58.6 Å². The van der Waals surface area contributed by atoms with Crippen molar-refractivity contribution in [3.8, 4) is 11.5 Å². The van der Waals surface area contributed by atoms with Gasteiger partial charge in [0.05, 0.1) is 26.4 Å². The Kier molecular flexibility index (Phi) is 13.8. The van der Waals surface area contributed by atoms with Crippen LogP contribution in [-0.2, 0) is 9.47 Å². The third-order valence-electron chi connectivity index (χ3n) is 4.17. The highest BCUT2D eigenvalue weighted by Crippen LogP contribution is 2.32. The molecule has 1 aromatic carbocycles. The lowest BCUT2D eigenvalue weighted by Crippen LogP contribution is -2.32. The summed E-state index contributed by atoms with van der Waals surface area (Å²) in [5, 5.41) is 6.79. The van der Waals surface area contributed by atoms with Gasteiger partial charge in [-0.15, -0.1) is 24.0 Å². The van der Waals surface area contributed by atoms with Gasteiger partial charge in [-0.2, -0.15) is 0 Å². The van der Waals surface area contributed by atoms with Gasteiger partial charge in [0.15, 0.2) is 17.5 Å². The van der Waals surface area contributed by atoms with E-state index in [1.54, 1.807) is 7.11 Å². The van der Waals surface area contributed by atoms with Crippen molar-refractivity contribution in [2.45, 2.75) is 33.1 Å². The number of aliphatic imine (C=N–C) groups is 1. The first-order valence-corrected chi connectivity index (χ1v) is 10.2. The molecular weight excluding hydrogens is 485 g/mol. The first-order chi connectivity index (χ1) is 13.7. The van der Waals surface area contributed by atoms with Gasteiger partial charge < -0.3 is 29.6 Å². The summed E-state index contributed by atoms with van der Waals surface area (Å²) in [6.45, 7) is 9.28. The molecule has 0 saturated carbocycles. The average molecular weight is 521 g/mol. The molecule has 0 saturated heterocycles. The van der Waals surface area contributed by atoms with Crippen LogP contribution in [0.15, 0.2) is 23.2 Å². The lowest BCUT2D eigenvalue weighted by Gasteiger charge is -2.15. The number of methoxy groups -OCH3 is 1. The van der Waals surface area contributed by atoms with Crippen LogP contribution in [-0.4, -0.2) is 59.2 Å². The summed E-state index contributed by atoms with van der Waals surface area (Å²) in [6, 6.07) is 5.90. The summed E-state index contributed by atoms with van der Waals surface area (Å²) in [4.78, 5) is 4.68. The van der Waals surface area contributed by atoms with Crippen LogP contribution in [0.4, 0.5) is 5.69 Å². The van der Waals surface area contributed by atoms with Gasteiger partial charge in [0.25, 0.3) is 0 Å². The topological polar surface area (TPSA) is 73.3 Å². The Balaban J connectivity index is 0.00000420. The van der Waals surface area contributed by atoms with E-state index in [4.69, 9.17) is 18.9 Å². The predicted molar refractivity (Wildman–Crippen MR) is 128 cm³/mol. The number of ether oxygens (including phenoxy) is 4. The molecule has 0 spiro atoms. The molecule has 1 aliphatic heterocycles. The van der Waals surface area contributed by atoms with Gasteiger partial charge in [-0.3, -0.25) is 4.99 Å². The first kappa shape index (κ1) is 25.8. The highest BCUT2D eigenvalue weighted by molar-refractivity contribution is 14.0. The molecule has 0 aromatic heterocycles. The Morgan fingerprint density at radius 1 is 1.14 bits per heavy atom. The van der Waals surface area contributed by atoms with E-state index in [-0.39, 0.29) is 24.0 Å². The fourth-order valence-corrected chi connectivity index (χ4v) is 2.60. The standard InChI is InChI=1S/C21H35N3O4.HI/c1-17(2)8-10-23-21(22-9-4-11-26-15-14-25-3)24-18-6-7-19-20(16-18)28-13-5-12-27-19;/h6-7,16-17H,4-5,8-15H2,1-3H3,(H2,22,23,24);1H. The molecule has 2 N–H and O–H groups in total. The molecule has 2 rings (SSSR count). The molecule has 0 atom stereocenters. The Morgan fingerprint density at radius 2 is 1.93 bits per heavy atom. The second kappa shape index (κ2) is 15.6. The van der Waals surface area contributed by atoms with Crippen molar-refractivity contribution in [3.63, 3.8) is 0 Å². The van der Waals surface area contributed by atoms with Crippen molar-refractivity contribution < 1.29 is 18.9 Å². The van der Waals surface area contributed by atoms with Gasteiger partial charge in [-0.1, -0.05) is 13.8 Å². The molecule has 0 unspecified atom stereocenters. The molecule has 29 heavy (non-hydrogen) atoms. The summed E-state index contributed by atoms with van der Waals surface area (Å²) in [6.07, 6.45) is 2.84. The molecular formula is C21H36IN3O4.